The zero-order valence-corrected chi connectivity index (χ0v) is 14.3. The Morgan fingerprint density at radius 2 is 1.96 bits per heavy atom. The van der Waals surface area contributed by atoms with Gasteiger partial charge in [0.15, 0.2) is 0 Å². The van der Waals surface area contributed by atoms with Gasteiger partial charge in [-0.15, -0.1) is 0 Å². The van der Waals surface area contributed by atoms with Gasteiger partial charge in [-0.05, 0) is 34.4 Å². The standard InChI is InChI=1S/C19H22N2O2S/c22-13-15-5-3-4-14(10-15)11-20-19(23)21-12-18-17-7-2-1-6-16(17)8-9-24-18/h1-7,10,18,22H,8-9,11-13H2,(H2,20,21,23)/t18-/m1/s1. The lowest BCUT2D eigenvalue weighted by atomic mass is 10.0. The van der Waals surface area contributed by atoms with Crippen molar-refractivity contribution in [1.82, 2.24) is 10.6 Å². The number of rotatable bonds is 5. The fraction of sp³-hybridized carbons (Fsp3) is 0.316. The van der Waals surface area contributed by atoms with Crippen LogP contribution in [0.4, 0.5) is 4.79 Å². The van der Waals surface area contributed by atoms with Crippen LogP contribution in [0.15, 0.2) is 48.5 Å². The highest BCUT2D eigenvalue weighted by Gasteiger charge is 2.20. The number of thioether (sulfide) groups is 1. The van der Waals surface area contributed by atoms with E-state index in [0.29, 0.717) is 18.3 Å². The molecule has 2 aromatic rings. The van der Waals surface area contributed by atoms with Gasteiger partial charge in [-0.3, -0.25) is 0 Å². The molecule has 24 heavy (non-hydrogen) atoms. The second-order valence-corrected chi connectivity index (χ2v) is 7.16. The second kappa shape index (κ2) is 8.22. The molecule has 0 unspecified atom stereocenters. The summed E-state index contributed by atoms with van der Waals surface area (Å²) in [5, 5.41) is 15.3. The highest BCUT2D eigenvalue weighted by Crippen LogP contribution is 2.35. The van der Waals surface area contributed by atoms with Crippen molar-refractivity contribution in [3.63, 3.8) is 0 Å². The largest absolute Gasteiger partial charge is 0.392 e. The molecule has 0 saturated heterocycles. The molecule has 1 atom stereocenters. The summed E-state index contributed by atoms with van der Waals surface area (Å²) < 4.78 is 0. The number of aliphatic hydroxyl groups is 1. The minimum absolute atomic E-state index is 0.0123. The average molecular weight is 342 g/mol. The SMILES string of the molecule is O=C(NCc1cccc(CO)c1)NC[C@H]1SCCc2ccccc21. The first kappa shape index (κ1) is 16.9. The van der Waals surface area contributed by atoms with E-state index >= 15 is 0 Å². The minimum Gasteiger partial charge on any atom is -0.392 e. The Morgan fingerprint density at radius 1 is 1.12 bits per heavy atom. The fourth-order valence-corrected chi connectivity index (χ4v) is 4.15. The number of urea groups is 1. The molecule has 3 rings (SSSR count). The van der Waals surface area contributed by atoms with Gasteiger partial charge in [0.25, 0.3) is 0 Å². The summed E-state index contributed by atoms with van der Waals surface area (Å²) in [4.78, 5) is 12.0. The molecule has 4 nitrogen and oxygen atoms in total. The van der Waals surface area contributed by atoms with Crippen LogP contribution in [0.2, 0.25) is 0 Å². The first-order chi connectivity index (χ1) is 11.8. The van der Waals surface area contributed by atoms with Crippen molar-refractivity contribution in [2.45, 2.75) is 24.8 Å². The van der Waals surface area contributed by atoms with Crippen molar-refractivity contribution in [2.75, 3.05) is 12.3 Å². The number of carbonyl (C=O) groups is 1. The lowest BCUT2D eigenvalue weighted by molar-refractivity contribution is 0.240. The number of carbonyl (C=O) groups excluding carboxylic acids is 1. The van der Waals surface area contributed by atoms with Crippen LogP contribution in [0.1, 0.15) is 27.5 Å². The Kier molecular flexibility index (Phi) is 5.77. The smallest absolute Gasteiger partial charge is 0.315 e. The van der Waals surface area contributed by atoms with Gasteiger partial charge in [-0.2, -0.15) is 11.8 Å². The molecule has 0 aliphatic carbocycles. The molecule has 1 heterocycles. The average Bonchev–Trinajstić information content (AvgIpc) is 2.64. The number of nitrogens with one attached hydrogen (secondary N) is 2. The van der Waals surface area contributed by atoms with E-state index in [2.05, 4.69) is 34.9 Å². The highest BCUT2D eigenvalue weighted by atomic mass is 32.2. The maximum atomic E-state index is 12.0. The predicted octanol–water partition coefficient (Wildman–Crippen LogP) is 3.01. The molecular formula is C19H22N2O2S. The first-order valence-corrected chi connectivity index (χ1v) is 9.21. The molecule has 0 radical (unpaired) electrons. The summed E-state index contributed by atoms with van der Waals surface area (Å²) in [6, 6.07) is 15.9. The van der Waals surface area contributed by atoms with Crippen LogP contribution in [-0.2, 0) is 19.6 Å². The number of aryl methyl sites for hydroxylation is 1. The summed E-state index contributed by atoms with van der Waals surface area (Å²) in [5.41, 5.74) is 4.56. The third-order valence-electron chi connectivity index (χ3n) is 4.17. The van der Waals surface area contributed by atoms with E-state index < -0.39 is 0 Å². The van der Waals surface area contributed by atoms with E-state index in [4.69, 9.17) is 5.11 Å². The summed E-state index contributed by atoms with van der Waals surface area (Å²) in [6.07, 6.45) is 1.10. The Morgan fingerprint density at radius 3 is 2.83 bits per heavy atom. The summed E-state index contributed by atoms with van der Waals surface area (Å²) >= 11 is 1.90. The summed E-state index contributed by atoms with van der Waals surface area (Å²) in [5.74, 6) is 1.10. The minimum atomic E-state index is -0.159. The maximum absolute atomic E-state index is 12.0. The molecule has 0 spiro atoms. The molecule has 3 N–H and O–H groups in total. The Bertz CT molecular complexity index is 705. The van der Waals surface area contributed by atoms with Gasteiger partial charge in [0.2, 0.25) is 0 Å². The van der Waals surface area contributed by atoms with Crippen LogP contribution in [0.25, 0.3) is 0 Å². The van der Waals surface area contributed by atoms with Gasteiger partial charge in [0.1, 0.15) is 0 Å². The zero-order valence-electron chi connectivity index (χ0n) is 13.5. The van der Waals surface area contributed by atoms with Gasteiger partial charge in [0, 0.05) is 18.3 Å². The van der Waals surface area contributed by atoms with Crippen molar-refractivity contribution in [1.29, 1.82) is 0 Å². The molecule has 5 heteroatoms. The number of fused-ring (bicyclic) bond motifs is 1. The summed E-state index contributed by atoms with van der Waals surface area (Å²) in [6.45, 7) is 1.09. The number of hydrogen-bond donors (Lipinski definition) is 3. The van der Waals surface area contributed by atoms with Crippen molar-refractivity contribution in [3.8, 4) is 0 Å². The summed E-state index contributed by atoms with van der Waals surface area (Å²) in [7, 11) is 0. The van der Waals surface area contributed by atoms with Crippen molar-refractivity contribution < 1.29 is 9.90 Å². The highest BCUT2D eigenvalue weighted by molar-refractivity contribution is 7.99. The van der Waals surface area contributed by atoms with Crippen LogP contribution in [0.3, 0.4) is 0 Å². The third-order valence-corrected chi connectivity index (χ3v) is 5.43. The molecule has 126 valence electrons. The van der Waals surface area contributed by atoms with Crippen LogP contribution in [0.5, 0.6) is 0 Å². The lowest BCUT2D eigenvalue weighted by Gasteiger charge is -2.25. The third kappa shape index (κ3) is 4.30. The Hall–Kier alpha value is -1.98. The number of hydrogen-bond acceptors (Lipinski definition) is 3. The fourth-order valence-electron chi connectivity index (χ4n) is 2.91. The molecule has 2 aromatic carbocycles. The maximum Gasteiger partial charge on any atom is 0.315 e. The van der Waals surface area contributed by atoms with Crippen molar-refractivity contribution >= 4 is 17.8 Å². The predicted molar refractivity (Wildman–Crippen MR) is 97.9 cm³/mol. The van der Waals surface area contributed by atoms with Gasteiger partial charge >= 0.3 is 6.03 Å². The zero-order chi connectivity index (χ0) is 16.8. The molecule has 2 amide bonds. The molecule has 0 fully saturated rings. The molecule has 1 aliphatic rings. The normalized spacial score (nSPS) is 16.3. The van der Waals surface area contributed by atoms with Crippen molar-refractivity contribution in [3.05, 3.63) is 70.8 Å². The van der Waals surface area contributed by atoms with E-state index in [-0.39, 0.29) is 12.6 Å². The molecule has 1 aliphatic heterocycles. The van der Waals surface area contributed by atoms with E-state index in [9.17, 15) is 4.79 Å². The monoisotopic (exact) mass is 342 g/mol. The molecule has 0 aromatic heterocycles. The number of amides is 2. The van der Waals surface area contributed by atoms with Gasteiger partial charge in [-0.1, -0.05) is 48.5 Å². The van der Waals surface area contributed by atoms with E-state index in [0.717, 1.165) is 23.3 Å². The van der Waals surface area contributed by atoms with E-state index in [1.54, 1.807) is 0 Å². The molecular weight excluding hydrogens is 320 g/mol. The van der Waals surface area contributed by atoms with Crippen LogP contribution < -0.4 is 10.6 Å². The molecule has 0 bridgehead atoms. The Balaban J connectivity index is 1.49. The number of benzene rings is 2. The lowest BCUT2D eigenvalue weighted by Crippen LogP contribution is -2.37. The first-order valence-electron chi connectivity index (χ1n) is 8.16. The second-order valence-electron chi connectivity index (χ2n) is 5.85. The van der Waals surface area contributed by atoms with Crippen molar-refractivity contribution in [2.24, 2.45) is 0 Å². The topological polar surface area (TPSA) is 61.4 Å². The number of aliphatic hydroxyl groups excluding tert-OH is 1. The van der Waals surface area contributed by atoms with E-state index in [1.807, 2.05) is 36.0 Å². The van der Waals surface area contributed by atoms with Crippen LogP contribution in [-0.4, -0.2) is 23.4 Å². The van der Waals surface area contributed by atoms with Gasteiger partial charge in [0.05, 0.1) is 6.61 Å². The van der Waals surface area contributed by atoms with Gasteiger partial charge in [-0.25, -0.2) is 4.79 Å². The Labute approximate surface area is 146 Å². The van der Waals surface area contributed by atoms with Gasteiger partial charge < -0.3 is 15.7 Å². The molecule has 0 saturated carbocycles. The van der Waals surface area contributed by atoms with Crippen LogP contribution in [0, 0.1) is 0 Å². The van der Waals surface area contributed by atoms with E-state index in [1.165, 1.54) is 11.1 Å². The van der Waals surface area contributed by atoms with Crippen LogP contribution >= 0.6 is 11.8 Å². The quantitative estimate of drug-likeness (QED) is 0.783.